The van der Waals surface area contributed by atoms with Crippen LogP contribution in [0.1, 0.15) is 43.5 Å². The Morgan fingerprint density at radius 2 is 2.00 bits per heavy atom. The van der Waals surface area contributed by atoms with Crippen LogP contribution in [0.25, 0.3) is 0 Å². The summed E-state index contributed by atoms with van der Waals surface area (Å²) < 4.78 is 0. The second-order valence-electron chi connectivity index (χ2n) is 6.46. The maximum absolute atomic E-state index is 12.7. The van der Waals surface area contributed by atoms with E-state index in [0.717, 1.165) is 4.88 Å². The van der Waals surface area contributed by atoms with Crippen molar-refractivity contribution in [3.8, 4) is 0 Å². The summed E-state index contributed by atoms with van der Waals surface area (Å²) in [6.07, 6.45) is 0. The molecule has 2 heterocycles. The summed E-state index contributed by atoms with van der Waals surface area (Å²) in [6.45, 7) is 10.1. The molecule has 4 nitrogen and oxygen atoms in total. The molecule has 110 valence electrons. The number of hydrogen-bond donors (Lipinski definition) is 1. The van der Waals surface area contributed by atoms with Crippen LogP contribution < -0.4 is 5.32 Å². The monoisotopic (exact) mass is 294 g/mol. The highest BCUT2D eigenvalue weighted by atomic mass is 32.1. The fourth-order valence-corrected chi connectivity index (χ4v) is 3.35. The first-order valence-electron chi connectivity index (χ1n) is 6.86. The largest absolute Gasteiger partial charge is 0.342 e. The van der Waals surface area contributed by atoms with Crippen molar-refractivity contribution in [2.45, 2.75) is 46.7 Å². The zero-order valence-corrected chi connectivity index (χ0v) is 13.5. The molecule has 1 fully saturated rings. The van der Waals surface area contributed by atoms with Crippen LogP contribution in [-0.4, -0.2) is 29.3 Å². The van der Waals surface area contributed by atoms with Crippen LogP contribution in [0.15, 0.2) is 12.1 Å². The van der Waals surface area contributed by atoms with E-state index < -0.39 is 6.04 Å². The van der Waals surface area contributed by atoms with Crippen molar-refractivity contribution in [3.63, 3.8) is 0 Å². The van der Waals surface area contributed by atoms with Crippen molar-refractivity contribution >= 4 is 23.2 Å². The van der Waals surface area contributed by atoms with E-state index in [1.54, 1.807) is 16.2 Å². The summed E-state index contributed by atoms with van der Waals surface area (Å²) in [7, 11) is 0. The smallest absolute Gasteiger partial charge is 0.246 e. The van der Waals surface area contributed by atoms with Crippen LogP contribution in [0, 0.1) is 12.3 Å². The molecule has 2 unspecified atom stereocenters. The number of nitrogens with zero attached hydrogens (tertiary/aromatic N) is 1. The molecule has 1 aliphatic heterocycles. The number of aryl methyl sites for hydroxylation is 1. The third-order valence-corrected chi connectivity index (χ3v) is 4.83. The Hall–Kier alpha value is -1.36. The van der Waals surface area contributed by atoms with Gasteiger partial charge in [-0.25, -0.2) is 0 Å². The Balaban J connectivity index is 2.26. The maximum atomic E-state index is 12.7. The minimum atomic E-state index is -0.452. The van der Waals surface area contributed by atoms with Gasteiger partial charge in [0, 0.05) is 9.75 Å². The lowest BCUT2D eigenvalue weighted by Crippen LogP contribution is -2.62. The number of nitrogens with one attached hydrogen (secondary N) is 1. The summed E-state index contributed by atoms with van der Waals surface area (Å²) in [6, 6.07) is 3.58. The van der Waals surface area contributed by atoms with Crippen molar-refractivity contribution in [3.05, 3.63) is 21.9 Å². The molecule has 1 aromatic rings. The average molecular weight is 294 g/mol. The predicted molar refractivity (Wildman–Crippen MR) is 80.6 cm³/mol. The number of carbonyl (C=O) groups is 2. The molecular formula is C15H22N2O2S. The number of carbonyl (C=O) groups excluding carboxylic acids is 2. The Morgan fingerprint density at radius 1 is 1.35 bits per heavy atom. The van der Waals surface area contributed by atoms with Gasteiger partial charge in [-0.15, -0.1) is 11.3 Å². The van der Waals surface area contributed by atoms with E-state index in [1.165, 1.54) is 4.88 Å². The lowest BCUT2D eigenvalue weighted by atomic mass is 9.84. The molecule has 5 heteroatoms. The second-order valence-corrected chi connectivity index (χ2v) is 7.78. The van der Waals surface area contributed by atoms with E-state index in [1.807, 2.05) is 46.8 Å². The zero-order valence-electron chi connectivity index (χ0n) is 12.7. The topological polar surface area (TPSA) is 49.4 Å². The van der Waals surface area contributed by atoms with Gasteiger partial charge in [0.25, 0.3) is 0 Å². The van der Waals surface area contributed by atoms with Gasteiger partial charge < -0.3 is 10.2 Å². The summed E-state index contributed by atoms with van der Waals surface area (Å²) in [5, 5.41) is 2.82. The molecule has 1 saturated heterocycles. The molecular weight excluding hydrogens is 272 g/mol. The summed E-state index contributed by atoms with van der Waals surface area (Å²) in [5.74, 6) is -0.0692. The Bertz CT molecular complexity index is 530. The quantitative estimate of drug-likeness (QED) is 0.911. The Labute approximate surface area is 124 Å². The molecule has 2 rings (SSSR count). The first kappa shape index (κ1) is 15.0. The van der Waals surface area contributed by atoms with Crippen LogP contribution in [0.2, 0.25) is 0 Å². The normalized spacial score (nSPS) is 21.9. The van der Waals surface area contributed by atoms with E-state index in [-0.39, 0.29) is 29.8 Å². The van der Waals surface area contributed by atoms with Crippen LogP contribution >= 0.6 is 11.3 Å². The molecule has 2 amide bonds. The first-order valence-corrected chi connectivity index (χ1v) is 7.68. The highest BCUT2D eigenvalue weighted by molar-refractivity contribution is 7.12. The highest BCUT2D eigenvalue weighted by Gasteiger charge is 2.41. The molecule has 0 radical (unpaired) electrons. The molecule has 1 N–H and O–H groups in total. The van der Waals surface area contributed by atoms with E-state index in [9.17, 15) is 9.59 Å². The molecule has 0 aromatic carbocycles. The Morgan fingerprint density at radius 3 is 2.50 bits per heavy atom. The number of thiophene rings is 1. The number of rotatable bonds is 2. The summed E-state index contributed by atoms with van der Waals surface area (Å²) >= 11 is 1.68. The Kier molecular flexibility index (Phi) is 3.91. The summed E-state index contributed by atoms with van der Waals surface area (Å²) in [5.41, 5.74) is -0.281. The van der Waals surface area contributed by atoms with E-state index in [4.69, 9.17) is 0 Å². The minimum absolute atomic E-state index is 0.00986. The molecule has 0 spiro atoms. The second kappa shape index (κ2) is 5.20. The predicted octanol–water partition coefficient (Wildman–Crippen LogP) is 2.49. The van der Waals surface area contributed by atoms with Gasteiger partial charge in [-0.2, -0.15) is 0 Å². The number of hydrogen-bond acceptors (Lipinski definition) is 3. The van der Waals surface area contributed by atoms with Crippen molar-refractivity contribution in [1.29, 1.82) is 0 Å². The van der Waals surface area contributed by atoms with Crippen molar-refractivity contribution in [1.82, 2.24) is 10.2 Å². The highest BCUT2D eigenvalue weighted by Crippen LogP contribution is 2.31. The van der Waals surface area contributed by atoms with Crippen molar-refractivity contribution < 1.29 is 9.59 Å². The molecule has 0 aliphatic carbocycles. The van der Waals surface area contributed by atoms with Crippen molar-refractivity contribution in [2.24, 2.45) is 5.41 Å². The third-order valence-electron chi connectivity index (χ3n) is 3.66. The van der Waals surface area contributed by atoms with Crippen LogP contribution in [0.5, 0.6) is 0 Å². The van der Waals surface area contributed by atoms with Gasteiger partial charge in [0.15, 0.2) is 0 Å². The van der Waals surface area contributed by atoms with Gasteiger partial charge in [-0.1, -0.05) is 20.8 Å². The van der Waals surface area contributed by atoms with Gasteiger partial charge in [-0.05, 0) is 31.4 Å². The van der Waals surface area contributed by atoms with Crippen molar-refractivity contribution in [2.75, 3.05) is 6.54 Å². The van der Waals surface area contributed by atoms with Crippen LogP contribution in [-0.2, 0) is 9.59 Å². The SMILES string of the molecule is Cc1ccc(C(C)N2CC(=O)NC(C(C)(C)C)C2=O)s1. The molecule has 0 bridgehead atoms. The summed E-state index contributed by atoms with van der Waals surface area (Å²) in [4.78, 5) is 28.6. The lowest BCUT2D eigenvalue weighted by molar-refractivity contribution is -0.149. The van der Waals surface area contributed by atoms with Gasteiger partial charge in [0.2, 0.25) is 11.8 Å². The van der Waals surface area contributed by atoms with Gasteiger partial charge in [0.05, 0.1) is 6.04 Å². The first-order chi connectivity index (χ1) is 9.20. The lowest BCUT2D eigenvalue weighted by Gasteiger charge is -2.41. The standard InChI is InChI=1S/C15H22N2O2S/c1-9-6-7-11(20-9)10(2)17-8-12(18)16-13(14(17)19)15(3,4)5/h6-7,10,13H,8H2,1-5H3,(H,16,18). The van der Waals surface area contributed by atoms with Gasteiger partial charge >= 0.3 is 0 Å². The number of piperazine rings is 1. The fourth-order valence-electron chi connectivity index (χ4n) is 2.41. The van der Waals surface area contributed by atoms with E-state index in [0.29, 0.717) is 0 Å². The number of amides is 2. The molecule has 0 saturated carbocycles. The van der Waals surface area contributed by atoms with E-state index in [2.05, 4.69) is 5.32 Å². The molecule has 2 atom stereocenters. The average Bonchev–Trinajstić information content (AvgIpc) is 2.76. The third kappa shape index (κ3) is 2.87. The van der Waals surface area contributed by atoms with Crippen LogP contribution in [0.3, 0.4) is 0 Å². The van der Waals surface area contributed by atoms with Gasteiger partial charge in [0.1, 0.15) is 12.6 Å². The maximum Gasteiger partial charge on any atom is 0.246 e. The molecule has 1 aliphatic rings. The molecule has 1 aromatic heterocycles. The fraction of sp³-hybridized carbons (Fsp3) is 0.600. The van der Waals surface area contributed by atoms with Crippen LogP contribution in [0.4, 0.5) is 0 Å². The zero-order chi connectivity index (χ0) is 15.1. The van der Waals surface area contributed by atoms with E-state index >= 15 is 0 Å². The molecule has 20 heavy (non-hydrogen) atoms. The van der Waals surface area contributed by atoms with Gasteiger partial charge in [-0.3, -0.25) is 9.59 Å². The minimum Gasteiger partial charge on any atom is -0.342 e.